The highest BCUT2D eigenvalue weighted by molar-refractivity contribution is 7.96. The van der Waals surface area contributed by atoms with Gasteiger partial charge in [0.2, 0.25) is 0 Å². The van der Waals surface area contributed by atoms with Crippen LogP contribution < -0.4 is 4.72 Å². The molecule has 0 saturated heterocycles. The first-order valence-electron chi connectivity index (χ1n) is 3.58. The topological polar surface area (TPSA) is 24.9 Å². The summed E-state index contributed by atoms with van der Waals surface area (Å²) in [4.78, 5) is 3.95. The van der Waals surface area contributed by atoms with Gasteiger partial charge in [-0.2, -0.15) is 0 Å². The first-order chi connectivity index (χ1) is 5.43. The van der Waals surface area contributed by atoms with Crippen LogP contribution in [0.5, 0.6) is 0 Å². The Morgan fingerprint density at radius 2 is 2.18 bits per heavy atom. The maximum Gasteiger partial charge on any atom is 0.0270 e. The van der Waals surface area contributed by atoms with Crippen molar-refractivity contribution in [3.63, 3.8) is 0 Å². The summed E-state index contributed by atoms with van der Waals surface area (Å²) in [5.74, 6) is 0. The molecule has 0 fully saturated rings. The Morgan fingerprint density at radius 3 is 2.82 bits per heavy atom. The Hall–Kier alpha value is -0.540. The monoisotopic (exact) mass is 168 g/mol. The van der Waals surface area contributed by atoms with Crippen molar-refractivity contribution in [2.75, 3.05) is 12.8 Å². The fourth-order valence-electron chi connectivity index (χ4n) is 0.847. The van der Waals surface area contributed by atoms with Gasteiger partial charge in [0.05, 0.1) is 0 Å². The third-order valence-electron chi connectivity index (χ3n) is 1.41. The molecular formula is C8H12N2S. The molecule has 0 atom stereocenters. The van der Waals surface area contributed by atoms with Gasteiger partial charge in [-0.05, 0) is 30.4 Å². The average Bonchev–Trinajstić information content (AvgIpc) is 2.07. The fourth-order valence-corrected chi connectivity index (χ4v) is 1.15. The summed E-state index contributed by atoms with van der Waals surface area (Å²) in [5, 5.41) is 0. The number of aromatic nitrogens is 1. The van der Waals surface area contributed by atoms with E-state index in [2.05, 4.69) is 9.71 Å². The lowest BCUT2D eigenvalue weighted by Gasteiger charge is -1.99. The minimum absolute atomic E-state index is 1.02. The third-order valence-corrected chi connectivity index (χ3v) is 1.90. The molecule has 0 aliphatic rings. The standard InChI is InChI=1S/C8H12N2S/c1-11-10-7-4-8-2-5-9-6-3-8/h2-3,5-6,10H,4,7H2,1H3. The van der Waals surface area contributed by atoms with E-state index in [9.17, 15) is 0 Å². The average molecular weight is 168 g/mol. The van der Waals surface area contributed by atoms with Crippen LogP contribution in [0.25, 0.3) is 0 Å². The van der Waals surface area contributed by atoms with Crippen molar-refractivity contribution in [2.45, 2.75) is 6.42 Å². The number of hydrogen-bond acceptors (Lipinski definition) is 3. The van der Waals surface area contributed by atoms with Crippen LogP contribution >= 0.6 is 11.9 Å². The quantitative estimate of drug-likeness (QED) is 0.544. The SMILES string of the molecule is CSNCCc1ccncc1. The Morgan fingerprint density at radius 1 is 1.45 bits per heavy atom. The van der Waals surface area contributed by atoms with Crippen LogP contribution in [-0.4, -0.2) is 17.8 Å². The van der Waals surface area contributed by atoms with Crippen LogP contribution in [0.15, 0.2) is 24.5 Å². The summed E-state index contributed by atoms with van der Waals surface area (Å²) < 4.78 is 3.19. The van der Waals surface area contributed by atoms with Crippen molar-refractivity contribution in [1.29, 1.82) is 0 Å². The van der Waals surface area contributed by atoms with Gasteiger partial charge in [0.15, 0.2) is 0 Å². The molecule has 60 valence electrons. The van der Waals surface area contributed by atoms with Gasteiger partial charge in [-0.3, -0.25) is 9.71 Å². The van der Waals surface area contributed by atoms with Crippen molar-refractivity contribution in [3.05, 3.63) is 30.1 Å². The van der Waals surface area contributed by atoms with Crippen molar-refractivity contribution < 1.29 is 0 Å². The molecule has 0 saturated carbocycles. The second kappa shape index (κ2) is 5.16. The molecule has 0 radical (unpaired) electrons. The van der Waals surface area contributed by atoms with Gasteiger partial charge in [-0.15, -0.1) is 0 Å². The molecule has 0 spiro atoms. The summed E-state index contributed by atoms with van der Waals surface area (Å²) in [6, 6.07) is 4.09. The molecule has 1 aromatic rings. The number of nitrogens with one attached hydrogen (secondary N) is 1. The molecule has 1 rings (SSSR count). The van der Waals surface area contributed by atoms with Crippen LogP contribution in [0.1, 0.15) is 5.56 Å². The number of rotatable bonds is 4. The lowest BCUT2D eigenvalue weighted by atomic mass is 10.2. The second-order valence-corrected chi connectivity index (χ2v) is 2.90. The van der Waals surface area contributed by atoms with E-state index < -0.39 is 0 Å². The van der Waals surface area contributed by atoms with Gasteiger partial charge >= 0.3 is 0 Å². The molecule has 0 bridgehead atoms. The maximum absolute atomic E-state index is 3.95. The van der Waals surface area contributed by atoms with Crippen molar-refractivity contribution >= 4 is 11.9 Å². The zero-order valence-electron chi connectivity index (χ0n) is 6.58. The van der Waals surface area contributed by atoms with Crippen LogP contribution in [0.3, 0.4) is 0 Å². The van der Waals surface area contributed by atoms with E-state index in [0.717, 1.165) is 13.0 Å². The fraction of sp³-hybridized carbons (Fsp3) is 0.375. The maximum atomic E-state index is 3.95. The molecule has 1 heterocycles. The summed E-state index contributed by atoms with van der Waals surface area (Å²) in [6.45, 7) is 1.02. The Labute approximate surface area is 71.6 Å². The second-order valence-electron chi connectivity index (χ2n) is 2.20. The highest BCUT2D eigenvalue weighted by atomic mass is 32.2. The van der Waals surface area contributed by atoms with E-state index in [1.807, 2.05) is 30.8 Å². The molecule has 2 nitrogen and oxygen atoms in total. The van der Waals surface area contributed by atoms with E-state index in [1.54, 1.807) is 11.9 Å². The largest absolute Gasteiger partial charge is 0.265 e. The van der Waals surface area contributed by atoms with Crippen LogP contribution in [0.2, 0.25) is 0 Å². The van der Waals surface area contributed by atoms with Crippen LogP contribution in [0, 0.1) is 0 Å². The molecule has 1 N–H and O–H groups in total. The van der Waals surface area contributed by atoms with Gasteiger partial charge in [0.1, 0.15) is 0 Å². The van der Waals surface area contributed by atoms with Gasteiger partial charge in [0.25, 0.3) is 0 Å². The normalized spacial score (nSPS) is 9.91. The Balaban J connectivity index is 2.28. The molecule has 0 unspecified atom stereocenters. The molecule has 0 aliphatic heterocycles. The molecule has 0 aliphatic carbocycles. The minimum Gasteiger partial charge on any atom is -0.265 e. The van der Waals surface area contributed by atoms with E-state index in [1.165, 1.54) is 5.56 Å². The number of pyridine rings is 1. The predicted octanol–water partition coefficient (Wildman–Crippen LogP) is 1.49. The first-order valence-corrected chi connectivity index (χ1v) is 4.80. The van der Waals surface area contributed by atoms with E-state index in [4.69, 9.17) is 0 Å². The minimum atomic E-state index is 1.02. The number of hydrogen-bond donors (Lipinski definition) is 1. The van der Waals surface area contributed by atoms with E-state index in [0.29, 0.717) is 0 Å². The summed E-state index contributed by atoms with van der Waals surface area (Å²) >= 11 is 1.66. The smallest absolute Gasteiger partial charge is 0.0270 e. The summed E-state index contributed by atoms with van der Waals surface area (Å²) in [5.41, 5.74) is 1.33. The van der Waals surface area contributed by atoms with Crippen molar-refractivity contribution in [2.24, 2.45) is 0 Å². The van der Waals surface area contributed by atoms with E-state index >= 15 is 0 Å². The highest BCUT2D eigenvalue weighted by Crippen LogP contribution is 1.96. The van der Waals surface area contributed by atoms with Gasteiger partial charge in [-0.25, -0.2) is 0 Å². The summed E-state index contributed by atoms with van der Waals surface area (Å²) in [6.07, 6.45) is 6.76. The number of nitrogens with zero attached hydrogens (tertiary/aromatic N) is 1. The molecule has 0 amide bonds. The Bertz CT molecular complexity index is 189. The van der Waals surface area contributed by atoms with Crippen LogP contribution in [0.4, 0.5) is 0 Å². The third kappa shape index (κ3) is 3.39. The van der Waals surface area contributed by atoms with Crippen LogP contribution in [-0.2, 0) is 6.42 Å². The predicted molar refractivity (Wildman–Crippen MR) is 49.5 cm³/mol. The first kappa shape index (κ1) is 8.56. The molecule has 3 heteroatoms. The van der Waals surface area contributed by atoms with Gasteiger partial charge in [0, 0.05) is 18.9 Å². The van der Waals surface area contributed by atoms with E-state index in [-0.39, 0.29) is 0 Å². The zero-order chi connectivity index (χ0) is 7.94. The van der Waals surface area contributed by atoms with Gasteiger partial charge in [-0.1, -0.05) is 11.9 Å². The molecular weight excluding hydrogens is 156 g/mol. The van der Waals surface area contributed by atoms with Crippen molar-refractivity contribution in [3.8, 4) is 0 Å². The highest BCUT2D eigenvalue weighted by Gasteiger charge is 1.89. The molecule has 11 heavy (non-hydrogen) atoms. The van der Waals surface area contributed by atoms with Gasteiger partial charge < -0.3 is 0 Å². The molecule has 1 aromatic heterocycles. The molecule has 0 aromatic carbocycles. The van der Waals surface area contributed by atoms with Crippen molar-refractivity contribution in [1.82, 2.24) is 9.71 Å². The lowest BCUT2D eigenvalue weighted by Crippen LogP contribution is -2.07. The summed E-state index contributed by atoms with van der Waals surface area (Å²) in [7, 11) is 0. The lowest BCUT2D eigenvalue weighted by molar-refractivity contribution is 0.907. The Kier molecular flexibility index (Phi) is 4.01. The zero-order valence-corrected chi connectivity index (χ0v) is 7.40.